The van der Waals surface area contributed by atoms with Gasteiger partial charge in [-0.15, -0.1) is 0 Å². The maximum atomic E-state index is 12.6. The van der Waals surface area contributed by atoms with E-state index < -0.39 is 7.75 Å². The van der Waals surface area contributed by atoms with E-state index in [0.717, 1.165) is 0 Å². The second kappa shape index (κ2) is 6.80. The zero-order chi connectivity index (χ0) is 14.4. The van der Waals surface area contributed by atoms with E-state index in [9.17, 15) is 4.57 Å². The molecule has 0 heterocycles. The lowest BCUT2D eigenvalue weighted by atomic mass is 10.3. The minimum absolute atomic E-state index is 0.269. The Morgan fingerprint density at radius 3 is 2.35 bits per heavy atom. The van der Waals surface area contributed by atoms with Crippen molar-refractivity contribution in [3.05, 3.63) is 59.6 Å². The van der Waals surface area contributed by atoms with Gasteiger partial charge in [0.05, 0.1) is 6.61 Å². The summed E-state index contributed by atoms with van der Waals surface area (Å²) in [4.78, 5) is 0. The molecule has 1 N–H and O–H groups in total. The topological polar surface area (TPSA) is 47.6 Å². The molecular weight excluding hydrogens is 297 g/mol. The summed E-state index contributed by atoms with van der Waals surface area (Å²) in [5, 5.41) is 3.39. The van der Waals surface area contributed by atoms with Crippen LogP contribution in [0.4, 0.5) is 5.69 Å². The molecule has 0 fully saturated rings. The van der Waals surface area contributed by atoms with Gasteiger partial charge >= 0.3 is 7.75 Å². The Balaban J connectivity index is 2.16. The van der Waals surface area contributed by atoms with Crippen molar-refractivity contribution < 1.29 is 13.6 Å². The van der Waals surface area contributed by atoms with Crippen LogP contribution in [0, 0.1) is 0 Å². The van der Waals surface area contributed by atoms with E-state index in [1.165, 1.54) is 0 Å². The predicted octanol–water partition coefficient (Wildman–Crippen LogP) is 4.98. The van der Waals surface area contributed by atoms with Crippen LogP contribution < -0.4 is 9.61 Å². The van der Waals surface area contributed by atoms with Gasteiger partial charge in [0.25, 0.3) is 0 Å². The Labute approximate surface area is 123 Å². The van der Waals surface area contributed by atoms with Crippen LogP contribution in [0.3, 0.4) is 0 Å². The lowest BCUT2D eigenvalue weighted by Gasteiger charge is -2.19. The van der Waals surface area contributed by atoms with Crippen molar-refractivity contribution in [2.24, 2.45) is 0 Å². The molecule has 0 amide bonds. The van der Waals surface area contributed by atoms with Gasteiger partial charge in [0.1, 0.15) is 5.75 Å². The average molecular weight is 312 g/mol. The zero-order valence-electron chi connectivity index (χ0n) is 11.0. The number of halogens is 1. The van der Waals surface area contributed by atoms with Crippen LogP contribution in [-0.2, 0) is 9.09 Å². The molecule has 106 valence electrons. The molecule has 4 nitrogen and oxygen atoms in total. The van der Waals surface area contributed by atoms with Gasteiger partial charge in [-0.1, -0.05) is 29.8 Å². The fourth-order valence-corrected chi connectivity index (χ4v) is 3.05. The van der Waals surface area contributed by atoms with Gasteiger partial charge in [0.15, 0.2) is 0 Å². The van der Waals surface area contributed by atoms with E-state index in [-0.39, 0.29) is 6.61 Å². The van der Waals surface area contributed by atoms with Crippen LogP contribution in [-0.4, -0.2) is 6.61 Å². The van der Waals surface area contributed by atoms with Crippen LogP contribution in [0.25, 0.3) is 0 Å². The smallest absolute Gasteiger partial charge is 0.409 e. The summed E-state index contributed by atoms with van der Waals surface area (Å²) < 4.78 is 23.4. The number of hydrogen-bond donors (Lipinski definition) is 1. The highest BCUT2D eigenvalue weighted by Crippen LogP contribution is 2.48. The number of rotatable bonds is 6. The molecule has 6 heteroatoms. The molecular formula is C14H15ClNO3P. The van der Waals surface area contributed by atoms with Gasteiger partial charge < -0.3 is 4.52 Å². The molecule has 20 heavy (non-hydrogen) atoms. The first-order chi connectivity index (χ1) is 9.61. The quantitative estimate of drug-likeness (QED) is 0.765. The lowest BCUT2D eigenvalue weighted by molar-refractivity contribution is 0.284. The molecule has 0 saturated heterocycles. The molecule has 0 saturated carbocycles. The van der Waals surface area contributed by atoms with Gasteiger partial charge in [-0.25, -0.2) is 4.57 Å². The van der Waals surface area contributed by atoms with E-state index >= 15 is 0 Å². The fourth-order valence-electron chi connectivity index (χ4n) is 1.55. The average Bonchev–Trinajstić information content (AvgIpc) is 2.42. The van der Waals surface area contributed by atoms with Gasteiger partial charge in [-0.3, -0.25) is 9.61 Å². The van der Waals surface area contributed by atoms with Crippen molar-refractivity contribution in [2.75, 3.05) is 11.7 Å². The summed E-state index contributed by atoms with van der Waals surface area (Å²) in [6, 6.07) is 15.7. The lowest BCUT2D eigenvalue weighted by Crippen LogP contribution is -2.07. The third kappa shape index (κ3) is 4.27. The summed E-state index contributed by atoms with van der Waals surface area (Å²) in [5.41, 5.74) is 0.613. The molecule has 0 aliphatic carbocycles. The van der Waals surface area contributed by atoms with Crippen LogP contribution >= 0.6 is 19.3 Å². The fraction of sp³-hybridized carbons (Fsp3) is 0.143. The summed E-state index contributed by atoms with van der Waals surface area (Å²) in [5.74, 6) is 0.478. The summed E-state index contributed by atoms with van der Waals surface area (Å²) >= 11 is 5.81. The Kier molecular flexibility index (Phi) is 5.07. The molecule has 2 aromatic carbocycles. The minimum atomic E-state index is -3.47. The molecule has 0 aromatic heterocycles. The second-order valence-corrected chi connectivity index (χ2v) is 6.03. The van der Waals surface area contributed by atoms with Crippen molar-refractivity contribution in [2.45, 2.75) is 6.92 Å². The Morgan fingerprint density at radius 1 is 1.10 bits per heavy atom. The molecule has 0 aliphatic rings. The highest BCUT2D eigenvalue weighted by Gasteiger charge is 2.26. The molecule has 0 radical (unpaired) electrons. The SMILES string of the molecule is CCOP(=O)(Nc1ccc(Cl)cc1)Oc1ccccc1. The van der Waals surface area contributed by atoms with Crippen LogP contribution in [0.1, 0.15) is 6.92 Å². The Bertz CT molecular complexity index is 589. The first-order valence-corrected chi connectivity index (χ1v) is 8.06. The molecule has 1 atom stereocenters. The molecule has 0 bridgehead atoms. The Morgan fingerprint density at radius 2 is 1.75 bits per heavy atom. The van der Waals surface area contributed by atoms with E-state index in [2.05, 4.69) is 5.09 Å². The number of benzene rings is 2. The van der Waals surface area contributed by atoms with Crippen molar-refractivity contribution in [1.82, 2.24) is 0 Å². The van der Waals surface area contributed by atoms with E-state index in [4.69, 9.17) is 20.6 Å². The van der Waals surface area contributed by atoms with Crippen molar-refractivity contribution >= 4 is 25.0 Å². The van der Waals surface area contributed by atoms with Crippen LogP contribution in [0.15, 0.2) is 54.6 Å². The monoisotopic (exact) mass is 311 g/mol. The molecule has 2 rings (SSSR count). The summed E-state index contributed by atoms with van der Waals surface area (Å²) in [7, 11) is -3.47. The third-order valence-electron chi connectivity index (χ3n) is 2.38. The van der Waals surface area contributed by atoms with Crippen molar-refractivity contribution in [3.63, 3.8) is 0 Å². The third-order valence-corrected chi connectivity index (χ3v) is 4.21. The number of hydrogen-bond acceptors (Lipinski definition) is 3. The highest BCUT2D eigenvalue weighted by molar-refractivity contribution is 7.55. The van der Waals surface area contributed by atoms with Crippen LogP contribution in [0.2, 0.25) is 5.02 Å². The first-order valence-electron chi connectivity index (χ1n) is 6.14. The van der Waals surface area contributed by atoms with Crippen molar-refractivity contribution in [3.8, 4) is 5.75 Å². The van der Waals surface area contributed by atoms with E-state index in [1.807, 2.05) is 6.07 Å². The molecule has 1 unspecified atom stereocenters. The van der Waals surface area contributed by atoms with Gasteiger partial charge in [-0.05, 0) is 43.3 Å². The van der Waals surface area contributed by atoms with Gasteiger partial charge in [0, 0.05) is 10.7 Å². The van der Waals surface area contributed by atoms with E-state index in [1.54, 1.807) is 55.5 Å². The molecule has 2 aromatic rings. The van der Waals surface area contributed by atoms with E-state index in [0.29, 0.717) is 16.5 Å². The number of nitrogens with one attached hydrogen (secondary N) is 1. The first kappa shape index (κ1) is 14.9. The predicted molar refractivity (Wildman–Crippen MR) is 81.4 cm³/mol. The number of para-hydroxylation sites is 1. The number of anilines is 1. The standard InChI is InChI=1S/C14H15ClNO3P/c1-2-18-20(17,19-14-6-4-3-5-7-14)16-13-10-8-12(15)9-11-13/h3-11H,2H2,1H3,(H,16,17). The minimum Gasteiger partial charge on any atom is -0.409 e. The van der Waals surface area contributed by atoms with Gasteiger partial charge in [-0.2, -0.15) is 0 Å². The summed E-state index contributed by atoms with van der Waals surface area (Å²) in [6.07, 6.45) is 0. The largest absolute Gasteiger partial charge is 0.486 e. The van der Waals surface area contributed by atoms with Crippen molar-refractivity contribution in [1.29, 1.82) is 0 Å². The highest BCUT2D eigenvalue weighted by atomic mass is 35.5. The van der Waals surface area contributed by atoms with Crippen LogP contribution in [0.5, 0.6) is 5.75 Å². The summed E-state index contributed by atoms with van der Waals surface area (Å²) in [6.45, 7) is 2.02. The Hall–Kier alpha value is -1.48. The maximum Gasteiger partial charge on any atom is 0.486 e. The van der Waals surface area contributed by atoms with Gasteiger partial charge in [0.2, 0.25) is 0 Å². The molecule has 0 spiro atoms. The maximum absolute atomic E-state index is 12.6. The normalized spacial score (nSPS) is 13.5. The second-order valence-electron chi connectivity index (χ2n) is 3.94. The zero-order valence-corrected chi connectivity index (χ0v) is 12.6. The molecule has 0 aliphatic heterocycles.